The predicted octanol–water partition coefficient (Wildman–Crippen LogP) is 2.39. The minimum atomic E-state index is -4.42. The van der Waals surface area contributed by atoms with Crippen LogP contribution in [-0.4, -0.2) is 76.4 Å². The van der Waals surface area contributed by atoms with E-state index in [-0.39, 0.29) is 12.1 Å². The fourth-order valence-corrected chi connectivity index (χ4v) is 3.22. The van der Waals surface area contributed by atoms with Crippen molar-refractivity contribution in [1.82, 2.24) is 15.5 Å². The molecular formula is C21H31F3N4O3. The van der Waals surface area contributed by atoms with Crippen molar-refractivity contribution < 1.29 is 27.4 Å². The molecule has 1 atom stereocenters. The van der Waals surface area contributed by atoms with Gasteiger partial charge in [-0.1, -0.05) is 0 Å². The summed E-state index contributed by atoms with van der Waals surface area (Å²) in [5.41, 5.74) is -0.600. The molecular weight excluding hydrogens is 413 g/mol. The lowest BCUT2D eigenvalue weighted by atomic mass is 10.1. The van der Waals surface area contributed by atoms with E-state index in [9.17, 15) is 18.0 Å². The maximum absolute atomic E-state index is 12.6. The molecule has 1 saturated heterocycles. The van der Waals surface area contributed by atoms with Crippen LogP contribution in [0.1, 0.15) is 29.3 Å². The van der Waals surface area contributed by atoms with Gasteiger partial charge in [0.05, 0.1) is 31.9 Å². The summed E-state index contributed by atoms with van der Waals surface area (Å²) >= 11 is 0. The average molecular weight is 444 g/mol. The number of hydrogen-bond acceptors (Lipinski definition) is 4. The van der Waals surface area contributed by atoms with Gasteiger partial charge in [0.1, 0.15) is 0 Å². The van der Waals surface area contributed by atoms with Crippen molar-refractivity contribution in [3.63, 3.8) is 0 Å². The van der Waals surface area contributed by atoms with Gasteiger partial charge < -0.3 is 25.0 Å². The quantitative estimate of drug-likeness (QED) is 0.329. The number of nitrogens with zero attached hydrogens (tertiary/aromatic N) is 2. The van der Waals surface area contributed by atoms with Gasteiger partial charge >= 0.3 is 6.18 Å². The number of halogens is 3. The number of methoxy groups -OCH3 is 1. The number of benzene rings is 1. The zero-order chi connectivity index (χ0) is 22.7. The van der Waals surface area contributed by atoms with Gasteiger partial charge in [0, 0.05) is 44.8 Å². The van der Waals surface area contributed by atoms with Crippen molar-refractivity contribution in [2.45, 2.75) is 19.5 Å². The summed E-state index contributed by atoms with van der Waals surface area (Å²) in [5.74, 6) is 0.786. The molecule has 1 amide bonds. The van der Waals surface area contributed by atoms with Crippen molar-refractivity contribution >= 4 is 11.9 Å². The van der Waals surface area contributed by atoms with E-state index < -0.39 is 17.6 Å². The van der Waals surface area contributed by atoms with Crippen LogP contribution >= 0.6 is 0 Å². The molecule has 0 aliphatic carbocycles. The van der Waals surface area contributed by atoms with E-state index in [0.29, 0.717) is 32.3 Å². The summed E-state index contributed by atoms with van der Waals surface area (Å²) in [7, 11) is 1.64. The molecule has 174 valence electrons. The Balaban J connectivity index is 1.79. The molecule has 2 N–H and O–H groups in total. The number of ether oxygens (including phenoxy) is 2. The van der Waals surface area contributed by atoms with Crippen LogP contribution < -0.4 is 10.6 Å². The molecule has 0 saturated carbocycles. The number of likely N-dealkylation sites (tertiary alicyclic amines) is 1. The number of hydrogen-bond donors (Lipinski definition) is 2. The summed E-state index contributed by atoms with van der Waals surface area (Å²) in [6.45, 7) is 6.93. The Morgan fingerprint density at radius 1 is 1.23 bits per heavy atom. The third-order valence-electron chi connectivity index (χ3n) is 4.84. The number of alkyl halides is 3. The highest BCUT2D eigenvalue weighted by atomic mass is 19.4. The highest BCUT2D eigenvalue weighted by molar-refractivity contribution is 5.94. The molecule has 0 radical (unpaired) electrons. The SMILES string of the molecule is CCNC(=NCCNC(=O)c1ccc(C(F)(F)F)cc1)N1CCC(COCCOC)C1. The summed E-state index contributed by atoms with van der Waals surface area (Å²) in [5, 5.41) is 5.95. The van der Waals surface area contributed by atoms with Gasteiger partial charge in [-0.15, -0.1) is 0 Å². The second-order valence-corrected chi connectivity index (χ2v) is 7.24. The van der Waals surface area contributed by atoms with E-state index in [0.717, 1.165) is 44.1 Å². The minimum absolute atomic E-state index is 0.180. The van der Waals surface area contributed by atoms with Crippen LogP contribution in [0.15, 0.2) is 29.3 Å². The molecule has 0 aromatic heterocycles. The second-order valence-electron chi connectivity index (χ2n) is 7.24. The molecule has 1 aliphatic heterocycles. The van der Waals surface area contributed by atoms with Crippen LogP contribution in [0.5, 0.6) is 0 Å². The molecule has 31 heavy (non-hydrogen) atoms. The van der Waals surface area contributed by atoms with Crippen molar-refractivity contribution in [3.05, 3.63) is 35.4 Å². The lowest BCUT2D eigenvalue weighted by Crippen LogP contribution is -2.41. The Hall–Kier alpha value is -2.33. The van der Waals surface area contributed by atoms with Crippen LogP contribution in [0.3, 0.4) is 0 Å². The molecule has 1 aliphatic rings. The van der Waals surface area contributed by atoms with E-state index in [2.05, 4.69) is 20.5 Å². The highest BCUT2D eigenvalue weighted by Gasteiger charge is 2.30. The molecule has 10 heteroatoms. The minimum Gasteiger partial charge on any atom is -0.382 e. The number of guanidine groups is 1. The lowest BCUT2D eigenvalue weighted by molar-refractivity contribution is -0.137. The Kier molecular flexibility index (Phi) is 10.1. The largest absolute Gasteiger partial charge is 0.416 e. The molecule has 0 bridgehead atoms. The number of rotatable bonds is 10. The van der Waals surface area contributed by atoms with E-state index >= 15 is 0 Å². The first kappa shape index (κ1) is 24.9. The topological polar surface area (TPSA) is 75.2 Å². The zero-order valence-corrected chi connectivity index (χ0v) is 18.0. The summed E-state index contributed by atoms with van der Waals surface area (Å²) in [6, 6.07) is 4.15. The Bertz CT molecular complexity index is 711. The van der Waals surface area contributed by atoms with Gasteiger partial charge in [-0.25, -0.2) is 0 Å². The first-order chi connectivity index (χ1) is 14.8. The normalized spacial score (nSPS) is 17.1. The third-order valence-corrected chi connectivity index (χ3v) is 4.84. The number of carbonyl (C=O) groups excluding carboxylic acids is 1. The Labute approximate surface area is 181 Å². The molecule has 1 aromatic carbocycles. The van der Waals surface area contributed by atoms with E-state index in [1.54, 1.807) is 7.11 Å². The van der Waals surface area contributed by atoms with Crippen molar-refractivity contribution in [2.75, 3.05) is 59.7 Å². The van der Waals surface area contributed by atoms with Crippen LogP contribution in [-0.2, 0) is 15.7 Å². The standard InChI is InChI=1S/C21H31F3N4O3/c1-3-25-20(28-11-8-16(14-28)15-31-13-12-30-2)27-10-9-26-19(29)17-4-6-18(7-5-17)21(22,23)24/h4-7,16H,3,8-15H2,1-2H3,(H,25,27)(H,26,29). The van der Waals surface area contributed by atoms with E-state index in [4.69, 9.17) is 9.47 Å². The molecule has 7 nitrogen and oxygen atoms in total. The first-order valence-corrected chi connectivity index (χ1v) is 10.4. The Morgan fingerprint density at radius 3 is 2.61 bits per heavy atom. The Morgan fingerprint density at radius 2 is 1.97 bits per heavy atom. The summed E-state index contributed by atoms with van der Waals surface area (Å²) in [6.07, 6.45) is -3.40. The predicted molar refractivity (Wildman–Crippen MR) is 112 cm³/mol. The number of carbonyl (C=O) groups is 1. The fraction of sp³-hybridized carbons (Fsp3) is 0.619. The molecule has 1 fully saturated rings. The molecule has 1 unspecified atom stereocenters. The van der Waals surface area contributed by atoms with Gasteiger partial charge in [-0.05, 0) is 37.6 Å². The summed E-state index contributed by atoms with van der Waals surface area (Å²) < 4.78 is 48.4. The van der Waals surface area contributed by atoms with Crippen molar-refractivity contribution in [1.29, 1.82) is 0 Å². The van der Waals surface area contributed by atoms with Crippen molar-refractivity contribution in [2.24, 2.45) is 10.9 Å². The maximum Gasteiger partial charge on any atom is 0.416 e. The number of nitrogens with one attached hydrogen (secondary N) is 2. The van der Waals surface area contributed by atoms with Crippen LogP contribution in [0.4, 0.5) is 13.2 Å². The third kappa shape index (κ3) is 8.37. The maximum atomic E-state index is 12.6. The van der Waals surface area contributed by atoms with Crippen LogP contribution in [0.2, 0.25) is 0 Å². The second kappa shape index (κ2) is 12.5. The van der Waals surface area contributed by atoms with Crippen molar-refractivity contribution in [3.8, 4) is 0 Å². The number of aliphatic imine (C=N–C) groups is 1. The van der Waals surface area contributed by atoms with E-state index in [1.807, 2.05) is 6.92 Å². The zero-order valence-electron chi connectivity index (χ0n) is 18.0. The fourth-order valence-electron chi connectivity index (χ4n) is 3.22. The van der Waals surface area contributed by atoms with Gasteiger partial charge in [0.25, 0.3) is 5.91 Å². The average Bonchev–Trinajstić information content (AvgIpc) is 3.21. The van der Waals surface area contributed by atoms with Gasteiger partial charge in [0.2, 0.25) is 0 Å². The first-order valence-electron chi connectivity index (χ1n) is 10.4. The smallest absolute Gasteiger partial charge is 0.382 e. The van der Waals surface area contributed by atoms with Gasteiger partial charge in [0.15, 0.2) is 5.96 Å². The molecule has 0 spiro atoms. The highest BCUT2D eigenvalue weighted by Crippen LogP contribution is 2.29. The summed E-state index contributed by atoms with van der Waals surface area (Å²) in [4.78, 5) is 18.9. The molecule has 1 aromatic rings. The monoisotopic (exact) mass is 444 g/mol. The van der Waals surface area contributed by atoms with E-state index in [1.165, 1.54) is 12.1 Å². The van der Waals surface area contributed by atoms with Crippen LogP contribution in [0, 0.1) is 5.92 Å². The van der Waals surface area contributed by atoms with Gasteiger partial charge in [-0.3, -0.25) is 9.79 Å². The van der Waals surface area contributed by atoms with Crippen LogP contribution in [0.25, 0.3) is 0 Å². The lowest BCUT2D eigenvalue weighted by Gasteiger charge is -2.21. The number of amides is 1. The molecule has 2 rings (SSSR count). The van der Waals surface area contributed by atoms with Gasteiger partial charge in [-0.2, -0.15) is 13.2 Å². The molecule has 1 heterocycles.